The first-order valence-electron chi connectivity index (χ1n) is 8.41. The van der Waals surface area contributed by atoms with Crippen LogP contribution in [-0.4, -0.2) is 49.1 Å². The summed E-state index contributed by atoms with van der Waals surface area (Å²) in [5.41, 5.74) is 3.00. The number of nitrogens with zero attached hydrogens (tertiary/aromatic N) is 2. The average Bonchev–Trinajstić information content (AvgIpc) is 3.20. The number of likely N-dealkylation sites (tertiary alicyclic amines) is 1. The molecule has 0 amide bonds. The molecule has 1 aromatic rings. The van der Waals surface area contributed by atoms with Gasteiger partial charge < -0.3 is 10.2 Å². The Kier molecular flexibility index (Phi) is 4.94. The molecule has 1 atom stereocenters. The molecule has 3 nitrogen and oxygen atoms in total. The summed E-state index contributed by atoms with van der Waals surface area (Å²) in [7, 11) is 4.37. The summed E-state index contributed by atoms with van der Waals surface area (Å²) in [5, 5.41) is 3.65. The van der Waals surface area contributed by atoms with Crippen molar-refractivity contribution in [2.45, 2.75) is 50.9 Å². The Hall–Kier alpha value is -0.900. The van der Waals surface area contributed by atoms with Gasteiger partial charge in [0.15, 0.2) is 0 Å². The van der Waals surface area contributed by atoms with Gasteiger partial charge in [-0.2, -0.15) is 0 Å². The van der Waals surface area contributed by atoms with Crippen molar-refractivity contribution in [3.8, 4) is 0 Å². The number of nitrogens with one attached hydrogen (secondary N) is 1. The monoisotopic (exact) mass is 287 g/mol. The maximum Gasteiger partial charge on any atom is 0.0240 e. The SMILES string of the molecule is CN(C)CC1CCCN1Cc1ccccc1CNC1CC1. The molecule has 0 bridgehead atoms. The van der Waals surface area contributed by atoms with E-state index >= 15 is 0 Å². The van der Waals surface area contributed by atoms with Gasteiger partial charge in [-0.05, 0) is 57.5 Å². The van der Waals surface area contributed by atoms with Crippen molar-refractivity contribution in [3.05, 3.63) is 35.4 Å². The largest absolute Gasteiger partial charge is 0.310 e. The van der Waals surface area contributed by atoms with Crippen LogP contribution in [0.1, 0.15) is 36.8 Å². The number of hydrogen-bond acceptors (Lipinski definition) is 3. The van der Waals surface area contributed by atoms with E-state index in [1.807, 2.05) is 0 Å². The molecule has 1 unspecified atom stereocenters. The van der Waals surface area contributed by atoms with Gasteiger partial charge in [0, 0.05) is 31.7 Å². The Balaban J connectivity index is 1.62. The van der Waals surface area contributed by atoms with Crippen LogP contribution in [0, 0.1) is 0 Å². The Morgan fingerprint density at radius 1 is 1.14 bits per heavy atom. The van der Waals surface area contributed by atoms with Gasteiger partial charge in [-0.15, -0.1) is 0 Å². The zero-order chi connectivity index (χ0) is 14.7. The maximum absolute atomic E-state index is 3.65. The van der Waals surface area contributed by atoms with Gasteiger partial charge in [0.2, 0.25) is 0 Å². The second-order valence-corrected chi connectivity index (χ2v) is 6.95. The third-order valence-corrected chi connectivity index (χ3v) is 4.73. The molecule has 3 heteroatoms. The van der Waals surface area contributed by atoms with Crippen LogP contribution in [0.4, 0.5) is 0 Å². The van der Waals surface area contributed by atoms with Gasteiger partial charge in [-0.25, -0.2) is 0 Å². The molecule has 0 radical (unpaired) electrons. The van der Waals surface area contributed by atoms with E-state index in [0.29, 0.717) is 0 Å². The highest BCUT2D eigenvalue weighted by atomic mass is 15.2. The maximum atomic E-state index is 3.65. The molecule has 0 spiro atoms. The lowest BCUT2D eigenvalue weighted by molar-refractivity contribution is 0.200. The molecule has 1 aromatic carbocycles. The third-order valence-electron chi connectivity index (χ3n) is 4.73. The van der Waals surface area contributed by atoms with Crippen LogP contribution in [-0.2, 0) is 13.1 Å². The van der Waals surface area contributed by atoms with Gasteiger partial charge in [-0.1, -0.05) is 24.3 Å². The highest BCUT2D eigenvalue weighted by molar-refractivity contribution is 5.27. The molecule has 21 heavy (non-hydrogen) atoms. The Morgan fingerprint density at radius 3 is 2.62 bits per heavy atom. The molecule has 0 aromatic heterocycles. The second-order valence-electron chi connectivity index (χ2n) is 6.95. The van der Waals surface area contributed by atoms with Gasteiger partial charge in [0.05, 0.1) is 0 Å². The van der Waals surface area contributed by atoms with Crippen molar-refractivity contribution < 1.29 is 0 Å². The predicted octanol–water partition coefficient (Wildman–Crippen LogP) is 2.46. The Bertz CT molecular complexity index is 454. The third kappa shape index (κ3) is 4.29. The van der Waals surface area contributed by atoms with Crippen molar-refractivity contribution in [2.24, 2.45) is 0 Å². The summed E-state index contributed by atoms with van der Waals surface area (Å²) >= 11 is 0. The van der Waals surface area contributed by atoms with E-state index in [0.717, 1.165) is 25.2 Å². The highest BCUT2D eigenvalue weighted by Crippen LogP contribution is 2.23. The van der Waals surface area contributed by atoms with Crippen molar-refractivity contribution in [3.63, 3.8) is 0 Å². The fourth-order valence-corrected chi connectivity index (χ4v) is 3.38. The fourth-order valence-electron chi connectivity index (χ4n) is 3.38. The first-order valence-corrected chi connectivity index (χ1v) is 8.41. The fraction of sp³-hybridized carbons (Fsp3) is 0.667. The van der Waals surface area contributed by atoms with Gasteiger partial charge in [-0.3, -0.25) is 4.90 Å². The number of rotatable bonds is 7. The van der Waals surface area contributed by atoms with Crippen molar-refractivity contribution in [2.75, 3.05) is 27.2 Å². The number of likely N-dealkylation sites (N-methyl/N-ethyl adjacent to an activating group) is 1. The summed E-state index contributed by atoms with van der Waals surface area (Å²) < 4.78 is 0. The summed E-state index contributed by atoms with van der Waals surface area (Å²) in [6, 6.07) is 10.5. The van der Waals surface area contributed by atoms with E-state index in [1.54, 1.807) is 0 Å². The Labute approximate surface area is 129 Å². The van der Waals surface area contributed by atoms with E-state index < -0.39 is 0 Å². The van der Waals surface area contributed by atoms with Crippen LogP contribution in [0.5, 0.6) is 0 Å². The predicted molar refractivity (Wildman–Crippen MR) is 88.3 cm³/mol. The molecule has 116 valence electrons. The summed E-state index contributed by atoms with van der Waals surface area (Å²) in [5.74, 6) is 0. The lowest BCUT2D eigenvalue weighted by Crippen LogP contribution is -2.37. The minimum Gasteiger partial charge on any atom is -0.310 e. The zero-order valence-corrected chi connectivity index (χ0v) is 13.5. The minimum atomic E-state index is 0.726. The minimum absolute atomic E-state index is 0.726. The lowest BCUT2D eigenvalue weighted by atomic mass is 10.1. The van der Waals surface area contributed by atoms with Crippen LogP contribution in [0.3, 0.4) is 0 Å². The first kappa shape index (κ1) is 15.0. The van der Waals surface area contributed by atoms with Crippen LogP contribution >= 0.6 is 0 Å². The average molecular weight is 287 g/mol. The quantitative estimate of drug-likeness (QED) is 0.831. The van der Waals surface area contributed by atoms with Crippen LogP contribution in [0.25, 0.3) is 0 Å². The molecular formula is C18H29N3. The van der Waals surface area contributed by atoms with E-state index in [4.69, 9.17) is 0 Å². The van der Waals surface area contributed by atoms with Crippen LogP contribution < -0.4 is 5.32 Å². The highest BCUT2D eigenvalue weighted by Gasteiger charge is 2.25. The first-order chi connectivity index (χ1) is 10.2. The molecule has 1 heterocycles. The molecule has 1 aliphatic carbocycles. The smallest absolute Gasteiger partial charge is 0.0240 e. The van der Waals surface area contributed by atoms with E-state index in [1.165, 1.54) is 49.9 Å². The van der Waals surface area contributed by atoms with E-state index in [-0.39, 0.29) is 0 Å². The van der Waals surface area contributed by atoms with Gasteiger partial charge >= 0.3 is 0 Å². The summed E-state index contributed by atoms with van der Waals surface area (Å²) in [6.45, 7) is 4.58. The van der Waals surface area contributed by atoms with E-state index in [2.05, 4.69) is 53.5 Å². The summed E-state index contributed by atoms with van der Waals surface area (Å²) in [6.07, 6.45) is 5.42. The second kappa shape index (κ2) is 6.91. The zero-order valence-electron chi connectivity index (χ0n) is 13.5. The van der Waals surface area contributed by atoms with Gasteiger partial charge in [0.25, 0.3) is 0 Å². The Morgan fingerprint density at radius 2 is 1.90 bits per heavy atom. The normalized spacial score (nSPS) is 23.1. The van der Waals surface area contributed by atoms with Crippen molar-refractivity contribution in [1.82, 2.24) is 15.1 Å². The van der Waals surface area contributed by atoms with Crippen molar-refractivity contribution >= 4 is 0 Å². The molecule has 1 saturated carbocycles. The standard InChI is InChI=1S/C18H29N3/c1-20(2)14-18-8-5-11-21(18)13-16-7-4-3-6-15(16)12-19-17-9-10-17/h3-4,6-7,17-19H,5,8-14H2,1-2H3. The number of hydrogen-bond donors (Lipinski definition) is 1. The van der Waals surface area contributed by atoms with Gasteiger partial charge in [0.1, 0.15) is 0 Å². The van der Waals surface area contributed by atoms with Crippen LogP contribution in [0.2, 0.25) is 0 Å². The summed E-state index contributed by atoms with van der Waals surface area (Å²) in [4.78, 5) is 5.00. The molecule has 1 saturated heterocycles. The lowest BCUT2D eigenvalue weighted by Gasteiger charge is -2.27. The molecule has 2 fully saturated rings. The molecular weight excluding hydrogens is 258 g/mol. The number of benzene rings is 1. The van der Waals surface area contributed by atoms with Crippen LogP contribution in [0.15, 0.2) is 24.3 Å². The van der Waals surface area contributed by atoms with E-state index in [9.17, 15) is 0 Å². The molecule has 3 rings (SSSR count). The topological polar surface area (TPSA) is 18.5 Å². The molecule has 1 aliphatic heterocycles. The molecule has 2 aliphatic rings. The molecule has 1 N–H and O–H groups in total. The van der Waals surface area contributed by atoms with Crippen molar-refractivity contribution in [1.29, 1.82) is 0 Å².